The molecule has 21 heavy (non-hydrogen) atoms. The van der Waals surface area contributed by atoms with Gasteiger partial charge in [-0.05, 0) is 36.2 Å². The number of ether oxygens (including phenoxy) is 2. The minimum Gasteiger partial charge on any atom is -0.502 e. The monoisotopic (exact) mass is 288 g/mol. The van der Waals surface area contributed by atoms with Crippen LogP contribution in [0.25, 0.3) is 0 Å². The Morgan fingerprint density at radius 1 is 1.24 bits per heavy atom. The van der Waals surface area contributed by atoms with Gasteiger partial charge in [-0.15, -0.1) is 0 Å². The van der Waals surface area contributed by atoms with Crippen LogP contribution in [0.2, 0.25) is 0 Å². The Labute approximate surface area is 124 Å². The third-order valence-electron chi connectivity index (χ3n) is 3.34. The fourth-order valence-corrected chi connectivity index (χ4v) is 2.07. The van der Waals surface area contributed by atoms with Crippen molar-refractivity contribution < 1.29 is 14.6 Å². The van der Waals surface area contributed by atoms with Gasteiger partial charge in [0.25, 0.3) is 0 Å². The average molecular weight is 288 g/mol. The maximum Gasteiger partial charge on any atom is 0.200 e. The molecule has 0 aliphatic carbocycles. The maximum atomic E-state index is 9.89. The Morgan fingerprint density at radius 2 is 1.90 bits per heavy atom. The number of rotatable bonds is 6. The van der Waals surface area contributed by atoms with Crippen LogP contribution in [0.4, 0.5) is 0 Å². The maximum absolute atomic E-state index is 9.89. The molecule has 0 bridgehead atoms. The van der Waals surface area contributed by atoms with E-state index in [-0.39, 0.29) is 11.8 Å². The number of phenolic OH excluding ortho intramolecular Hbond substituents is 1. The van der Waals surface area contributed by atoms with Gasteiger partial charge >= 0.3 is 0 Å². The summed E-state index contributed by atoms with van der Waals surface area (Å²) < 4.78 is 10.3. The Morgan fingerprint density at radius 3 is 2.43 bits per heavy atom. The van der Waals surface area contributed by atoms with Crippen LogP contribution in [0.15, 0.2) is 36.7 Å². The van der Waals surface area contributed by atoms with Crippen molar-refractivity contribution in [1.29, 1.82) is 0 Å². The largest absolute Gasteiger partial charge is 0.502 e. The first-order chi connectivity index (χ1) is 10.2. The normalized spacial score (nSPS) is 12.0. The molecule has 2 aromatic rings. The zero-order valence-electron chi connectivity index (χ0n) is 12.5. The second kappa shape index (κ2) is 6.95. The van der Waals surface area contributed by atoms with Crippen LogP contribution in [0.1, 0.15) is 24.1 Å². The highest BCUT2D eigenvalue weighted by atomic mass is 16.5. The summed E-state index contributed by atoms with van der Waals surface area (Å²) >= 11 is 0. The Kier molecular flexibility index (Phi) is 5.00. The van der Waals surface area contributed by atoms with Crippen molar-refractivity contribution in [2.24, 2.45) is 0 Å². The molecule has 2 N–H and O–H groups in total. The molecule has 0 saturated heterocycles. The van der Waals surface area contributed by atoms with E-state index in [0.717, 1.165) is 11.1 Å². The SMILES string of the molecule is COc1cc(CN[C@H](C)c2cccnc2)cc(OC)c1O. The lowest BCUT2D eigenvalue weighted by Gasteiger charge is -2.15. The lowest BCUT2D eigenvalue weighted by Crippen LogP contribution is -2.18. The van der Waals surface area contributed by atoms with E-state index < -0.39 is 0 Å². The van der Waals surface area contributed by atoms with E-state index in [0.29, 0.717) is 18.0 Å². The number of phenols is 1. The number of aromatic nitrogens is 1. The number of methoxy groups -OCH3 is 2. The van der Waals surface area contributed by atoms with Gasteiger partial charge in [-0.25, -0.2) is 0 Å². The van der Waals surface area contributed by atoms with Gasteiger partial charge < -0.3 is 19.9 Å². The standard InChI is InChI=1S/C16H20N2O3/c1-11(13-5-4-6-17-10-13)18-9-12-7-14(20-2)16(19)15(8-12)21-3/h4-8,10-11,18-19H,9H2,1-3H3/t11-/m1/s1. The van der Waals surface area contributed by atoms with Crippen molar-refractivity contribution in [3.8, 4) is 17.2 Å². The van der Waals surface area contributed by atoms with Gasteiger partial charge in [0.15, 0.2) is 11.5 Å². The molecule has 112 valence electrons. The third kappa shape index (κ3) is 3.64. The molecule has 0 unspecified atom stereocenters. The second-order valence-corrected chi connectivity index (χ2v) is 4.74. The zero-order valence-corrected chi connectivity index (χ0v) is 12.5. The molecule has 1 atom stereocenters. The molecule has 5 nitrogen and oxygen atoms in total. The lowest BCUT2D eigenvalue weighted by molar-refractivity contribution is 0.339. The predicted octanol–water partition coefficient (Wildman–Crippen LogP) is 2.66. The molecular formula is C16H20N2O3. The molecule has 0 spiro atoms. The number of benzene rings is 1. The molecule has 0 amide bonds. The smallest absolute Gasteiger partial charge is 0.200 e. The first-order valence-corrected chi connectivity index (χ1v) is 6.73. The summed E-state index contributed by atoms with van der Waals surface area (Å²) in [6.07, 6.45) is 3.60. The first kappa shape index (κ1) is 15.1. The first-order valence-electron chi connectivity index (χ1n) is 6.73. The summed E-state index contributed by atoms with van der Waals surface area (Å²) in [5, 5.41) is 13.3. The van der Waals surface area contributed by atoms with E-state index in [2.05, 4.69) is 17.2 Å². The van der Waals surface area contributed by atoms with Crippen molar-refractivity contribution in [3.63, 3.8) is 0 Å². The minimum absolute atomic E-state index is 0.0176. The van der Waals surface area contributed by atoms with Gasteiger partial charge in [0.05, 0.1) is 14.2 Å². The number of nitrogens with one attached hydrogen (secondary N) is 1. The van der Waals surface area contributed by atoms with Crippen molar-refractivity contribution in [3.05, 3.63) is 47.8 Å². The molecule has 0 aliphatic rings. The van der Waals surface area contributed by atoms with E-state index in [4.69, 9.17) is 9.47 Å². The summed E-state index contributed by atoms with van der Waals surface area (Å²) in [5.41, 5.74) is 2.09. The van der Waals surface area contributed by atoms with Gasteiger partial charge in [0.2, 0.25) is 5.75 Å². The molecule has 5 heteroatoms. The fourth-order valence-electron chi connectivity index (χ4n) is 2.07. The highest BCUT2D eigenvalue weighted by Crippen LogP contribution is 2.37. The average Bonchev–Trinajstić information content (AvgIpc) is 2.54. The van der Waals surface area contributed by atoms with Crippen LogP contribution in [-0.4, -0.2) is 24.3 Å². The molecule has 0 radical (unpaired) electrons. The summed E-state index contributed by atoms with van der Waals surface area (Å²) in [5.74, 6) is 0.824. The molecule has 2 rings (SSSR count). The quantitative estimate of drug-likeness (QED) is 0.855. The fraction of sp³-hybridized carbons (Fsp3) is 0.312. The number of hydrogen-bond donors (Lipinski definition) is 2. The van der Waals surface area contributed by atoms with E-state index in [1.165, 1.54) is 14.2 Å². The Balaban J connectivity index is 2.09. The summed E-state index contributed by atoms with van der Waals surface area (Å²) in [6, 6.07) is 7.70. The van der Waals surface area contributed by atoms with E-state index in [1.807, 2.05) is 18.3 Å². The molecule has 0 aliphatic heterocycles. The predicted molar refractivity (Wildman–Crippen MR) is 80.7 cm³/mol. The van der Waals surface area contributed by atoms with Crippen LogP contribution in [0.3, 0.4) is 0 Å². The van der Waals surface area contributed by atoms with Gasteiger partial charge in [-0.3, -0.25) is 4.98 Å². The highest BCUT2D eigenvalue weighted by Gasteiger charge is 2.12. The van der Waals surface area contributed by atoms with E-state index >= 15 is 0 Å². The van der Waals surface area contributed by atoms with Gasteiger partial charge in [0.1, 0.15) is 0 Å². The highest BCUT2D eigenvalue weighted by molar-refractivity contribution is 5.52. The van der Waals surface area contributed by atoms with Crippen LogP contribution in [0, 0.1) is 0 Å². The van der Waals surface area contributed by atoms with Crippen LogP contribution in [-0.2, 0) is 6.54 Å². The van der Waals surface area contributed by atoms with E-state index in [1.54, 1.807) is 18.3 Å². The second-order valence-electron chi connectivity index (χ2n) is 4.74. The molecular weight excluding hydrogens is 268 g/mol. The topological polar surface area (TPSA) is 63.6 Å². The van der Waals surface area contributed by atoms with Crippen molar-refractivity contribution in [1.82, 2.24) is 10.3 Å². The number of hydrogen-bond acceptors (Lipinski definition) is 5. The summed E-state index contributed by atoms with van der Waals surface area (Å²) in [4.78, 5) is 4.11. The van der Waals surface area contributed by atoms with Crippen molar-refractivity contribution in [2.45, 2.75) is 19.5 Å². The molecule has 0 fully saturated rings. The Hall–Kier alpha value is -2.27. The molecule has 1 aromatic carbocycles. The Bertz CT molecular complexity index is 562. The van der Waals surface area contributed by atoms with E-state index in [9.17, 15) is 5.11 Å². The number of aromatic hydroxyl groups is 1. The summed E-state index contributed by atoms with van der Waals surface area (Å²) in [7, 11) is 3.04. The molecule has 1 aromatic heterocycles. The van der Waals surface area contributed by atoms with Crippen LogP contribution in [0.5, 0.6) is 17.2 Å². The van der Waals surface area contributed by atoms with Gasteiger partial charge in [-0.1, -0.05) is 6.07 Å². The minimum atomic E-state index is 0.0176. The lowest BCUT2D eigenvalue weighted by atomic mass is 10.1. The van der Waals surface area contributed by atoms with Crippen molar-refractivity contribution in [2.75, 3.05) is 14.2 Å². The number of pyridine rings is 1. The van der Waals surface area contributed by atoms with Crippen molar-refractivity contribution >= 4 is 0 Å². The van der Waals surface area contributed by atoms with Gasteiger partial charge in [-0.2, -0.15) is 0 Å². The van der Waals surface area contributed by atoms with Gasteiger partial charge in [0, 0.05) is 25.0 Å². The number of nitrogens with zero attached hydrogens (tertiary/aromatic N) is 1. The third-order valence-corrected chi connectivity index (χ3v) is 3.34. The summed E-state index contributed by atoms with van der Waals surface area (Å²) in [6.45, 7) is 2.70. The van der Waals surface area contributed by atoms with Crippen LogP contribution < -0.4 is 14.8 Å². The zero-order chi connectivity index (χ0) is 15.2. The molecule has 1 heterocycles. The van der Waals surface area contributed by atoms with Crippen LogP contribution >= 0.6 is 0 Å². The molecule has 0 saturated carbocycles.